The third-order valence-corrected chi connectivity index (χ3v) is 4.64. The quantitative estimate of drug-likeness (QED) is 0.646. The lowest BCUT2D eigenvalue weighted by atomic mass is 9.64. The Balaban J connectivity index is 3.46. The Hall–Kier alpha value is -0.720. The average Bonchev–Trinajstić information content (AvgIpc) is 2.27. The molecule has 0 aromatic rings. The van der Waals surface area contributed by atoms with E-state index in [1.165, 1.54) is 5.57 Å². The van der Waals surface area contributed by atoms with Crippen molar-refractivity contribution in [1.29, 1.82) is 0 Å². The molecule has 0 amide bonds. The molecule has 0 radical (unpaired) electrons. The van der Waals surface area contributed by atoms with Gasteiger partial charge in [-0.25, -0.2) is 0 Å². The number of aliphatic hydroxyl groups is 1. The highest BCUT2D eigenvalue weighted by Gasteiger charge is 2.39. The average molecular weight is 264 g/mol. The van der Waals surface area contributed by atoms with Crippen LogP contribution < -0.4 is 0 Å². The van der Waals surface area contributed by atoms with E-state index in [0.717, 1.165) is 24.8 Å². The SMILES string of the molecule is CCC1(CC)C=C(C(C)(C)C)C(O)=C(C(C)(C)C)C1. The van der Waals surface area contributed by atoms with Gasteiger partial charge in [0.2, 0.25) is 0 Å². The minimum atomic E-state index is -0.00338. The van der Waals surface area contributed by atoms with Crippen molar-refractivity contribution in [2.75, 3.05) is 0 Å². The molecule has 1 rings (SSSR count). The number of hydrogen-bond donors (Lipinski definition) is 1. The van der Waals surface area contributed by atoms with Crippen LogP contribution in [0.3, 0.4) is 0 Å². The van der Waals surface area contributed by atoms with Crippen LogP contribution in [0.25, 0.3) is 0 Å². The first-order chi connectivity index (χ1) is 8.47. The first-order valence-electron chi connectivity index (χ1n) is 7.63. The zero-order chi connectivity index (χ0) is 15.1. The van der Waals surface area contributed by atoms with Crippen LogP contribution >= 0.6 is 0 Å². The number of aliphatic hydroxyl groups excluding tert-OH is 1. The number of hydrogen-bond acceptors (Lipinski definition) is 1. The Morgan fingerprint density at radius 2 is 1.47 bits per heavy atom. The highest BCUT2D eigenvalue weighted by Crippen LogP contribution is 2.50. The Kier molecular flexibility index (Phi) is 4.29. The van der Waals surface area contributed by atoms with Crippen LogP contribution in [0.2, 0.25) is 0 Å². The molecule has 1 nitrogen and oxygen atoms in total. The fourth-order valence-electron chi connectivity index (χ4n) is 2.92. The van der Waals surface area contributed by atoms with Gasteiger partial charge in [0.05, 0.1) is 0 Å². The zero-order valence-corrected chi connectivity index (χ0v) is 14.1. The van der Waals surface area contributed by atoms with E-state index in [1.807, 2.05) is 0 Å². The van der Waals surface area contributed by atoms with E-state index in [9.17, 15) is 5.11 Å². The maximum absolute atomic E-state index is 10.7. The van der Waals surface area contributed by atoms with Crippen LogP contribution in [-0.2, 0) is 0 Å². The van der Waals surface area contributed by atoms with Crippen molar-refractivity contribution in [1.82, 2.24) is 0 Å². The smallest absolute Gasteiger partial charge is 0.118 e. The fraction of sp³-hybridized carbons (Fsp3) is 0.778. The van der Waals surface area contributed by atoms with Gasteiger partial charge in [0.25, 0.3) is 0 Å². The van der Waals surface area contributed by atoms with Gasteiger partial charge in [0, 0.05) is 0 Å². The molecule has 1 heteroatoms. The second-order valence-electron chi connectivity index (χ2n) is 8.13. The summed E-state index contributed by atoms with van der Waals surface area (Å²) in [7, 11) is 0. The standard InChI is InChI=1S/C18H32O/c1-9-18(10-2)11-13(16(3,4)5)15(19)14(12-18)17(6,7)8/h11,19H,9-10,12H2,1-8H3. The first kappa shape index (κ1) is 16.3. The van der Waals surface area contributed by atoms with E-state index in [4.69, 9.17) is 0 Å². The Morgan fingerprint density at radius 3 is 1.79 bits per heavy atom. The molecule has 0 heterocycles. The lowest BCUT2D eigenvalue weighted by Gasteiger charge is -2.42. The van der Waals surface area contributed by atoms with Gasteiger partial charge in [0.15, 0.2) is 0 Å². The molecule has 0 saturated heterocycles. The van der Waals surface area contributed by atoms with Gasteiger partial charge in [-0.1, -0.05) is 61.5 Å². The van der Waals surface area contributed by atoms with E-state index in [1.54, 1.807) is 0 Å². The van der Waals surface area contributed by atoms with Crippen molar-refractivity contribution in [3.8, 4) is 0 Å². The van der Waals surface area contributed by atoms with Crippen molar-refractivity contribution in [3.05, 3.63) is 23.0 Å². The molecule has 0 aliphatic heterocycles. The third kappa shape index (κ3) is 3.24. The molecule has 0 saturated carbocycles. The molecular weight excluding hydrogens is 232 g/mol. The topological polar surface area (TPSA) is 20.2 Å². The van der Waals surface area contributed by atoms with E-state index in [-0.39, 0.29) is 16.2 Å². The molecule has 0 spiro atoms. The summed E-state index contributed by atoms with van der Waals surface area (Å²) in [5.41, 5.74) is 2.61. The first-order valence-corrected chi connectivity index (χ1v) is 7.63. The normalized spacial score (nSPS) is 20.5. The highest BCUT2D eigenvalue weighted by molar-refractivity contribution is 5.42. The van der Waals surface area contributed by atoms with Crippen molar-refractivity contribution in [2.45, 2.75) is 74.7 Å². The molecule has 1 aliphatic rings. The molecule has 0 bridgehead atoms. The van der Waals surface area contributed by atoms with Crippen LogP contribution in [0.5, 0.6) is 0 Å². The Morgan fingerprint density at radius 1 is 1.00 bits per heavy atom. The Bertz CT molecular complexity index is 392. The Labute approximate surface area is 119 Å². The van der Waals surface area contributed by atoms with Crippen LogP contribution in [0.15, 0.2) is 23.0 Å². The van der Waals surface area contributed by atoms with Crippen molar-refractivity contribution in [2.24, 2.45) is 16.2 Å². The molecule has 19 heavy (non-hydrogen) atoms. The second kappa shape index (κ2) is 5.00. The zero-order valence-electron chi connectivity index (χ0n) is 14.1. The van der Waals surface area contributed by atoms with Crippen LogP contribution in [0.1, 0.15) is 74.7 Å². The van der Waals surface area contributed by atoms with Crippen LogP contribution in [0, 0.1) is 16.2 Å². The van der Waals surface area contributed by atoms with Gasteiger partial charge in [-0.05, 0) is 46.7 Å². The van der Waals surface area contributed by atoms with Crippen LogP contribution in [0.4, 0.5) is 0 Å². The van der Waals surface area contributed by atoms with Crippen LogP contribution in [-0.4, -0.2) is 5.11 Å². The summed E-state index contributed by atoms with van der Waals surface area (Å²) in [5.74, 6) is 0.553. The summed E-state index contributed by atoms with van der Waals surface area (Å²) in [6, 6.07) is 0. The molecule has 0 aromatic heterocycles. The molecular formula is C18H32O. The summed E-state index contributed by atoms with van der Waals surface area (Å²) in [6.07, 6.45) is 5.62. The number of allylic oxidation sites excluding steroid dienone is 3. The lowest BCUT2D eigenvalue weighted by molar-refractivity contribution is 0.263. The maximum Gasteiger partial charge on any atom is 0.118 e. The predicted molar refractivity (Wildman–Crippen MR) is 84.3 cm³/mol. The summed E-state index contributed by atoms with van der Waals surface area (Å²) in [4.78, 5) is 0. The minimum Gasteiger partial charge on any atom is -0.508 e. The van der Waals surface area contributed by atoms with Gasteiger partial charge in [0.1, 0.15) is 5.76 Å². The minimum absolute atomic E-state index is 0.00338. The van der Waals surface area contributed by atoms with Crippen molar-refractivity contribution in [3.63, 3.8) is 0 Å². The number of rotatable bonds is 2. The molecule has 0 aromatic carbocycles. The second-order valence-corrected chi connectivity index (χ2v) is 8.13. The van der Waals surface area contributed by atoms with Gasteiger partial charge in [-0.3, -0.25) is 0 Å². The molecule has 1 aliphatic carbocycles. The summed E-state index contributed by atoms with van der Waals surface area (Å²) in [6.45, 7) is 17.7. The molecule has 0 fully saturated rings. The summed E-state index contributed by atoms with van der Waals surface area (Å²) >= 11 is 0. The van der Waals surface area contributed by atoms with Gasteiger partial charge < -0.3 is 5.11 Å². The largest absolute Gasteiger partial charge is 0.508 e. The molecule has 110 valence electrons. The van der Waals surface area contributed by atoms with E-state index >= 15 is 0 Å². The monoisotopic (exact) mass is 264 g/mol. The predicted octanol–water partition coefficient (Wildman–Crippen LogP) is 6.03. The summed E-state index contributed by atoms with van der Waals surface area (Å²) in [5, 5.41) is 10.7. The van der Waals surface area contributed by atoms with Gasteiger partial charge in [-0.2, -0.15) is 0 Å². The molecule has 0 unspecified atom stereocenters. The summed E-state index contributed by atoms with van der Waals surface area (Å²) < 4.78 is 0. The van der Waals surface area contributed by atoms with Gasteiger partial charge in [-0.15, -0.1) is 0 Å². The highest BCUT2D eigenvalue weighted by atomic mass is 16.3. The van der Waals surface area contributed by atoms with Gasteiger partial charge >= 0.3 is 0 Å². The fourth-order valence-corrected chi connectivity index (χ4v) is 2.92. The lowest BCUT2D eigenvalue weighted by Crippen LogP contribution is -2.30. The van der Waals surface area contributed by atoms with E-state index in [0.29, 0.717) is 5.76 Å². The molecule has 0 atom stereocenters. The van der Waals surface area contributed by atoms with Crippen molar-refractivity contribution < 1.29 is 5.11 Å². The van der Waals surface area contributed by atoms with E-state index in [2.05, 4.69) is 61.5 Å². The van der Waals surface area contributed by atoms with E-state index < -0.39 is 0 Å². The molecule has 1 N–H and O–H groups in total. The third-order valence-electron chi connectivity index (χ3n) is 4.64. The van der Waals surface area contributed by atoms with Crippen molar-refractivity contribution >= 4 is 0 Å². The maximum atomic E-state index is 10.7.